The van der Waals surface area contributed by atoms with Crippen LogP contribution in [0.2, 0.25) is 0 Å². The van der Waals surface area contributed by atoms with Crippen molar-refractivity contribution in [3.63, 3.8) is 0 Å². The van der Waals surface area contributed by atoms with Crippen LogP contribution in [-0.4, -0.2) is 60.3 Å². The Bertz CT molecular complexity index is 962. The summed E-state index contributed by atoms with van der Waals surface area (Å²) in [4.78, 5) is 25.8. The average Bonchev–Trinajstić information content (AvgIpc) is 2.84. The minimum atomic E-state index is -2.68. The maximum atomic E-state index is 13.1. The van der Waals surface area contributed by atoms with Crippen LogP contribution in [0.3, 0.4) is 0 Å². The maximum Gasteiger partial charge on any atom is 0.333 e. The first-order valence-electron chi connectivity index (χ1n) is 12.6. The Morgan fingerprint density at radius 1 is 1.03 bits per heavy atom. The van der Waals surface area contributed by atoms with Crippen LogP contribution in [0.5, 0.6) is 5.75 Å². The van der Waals surface area contributed by atoms with Crippen molar-refractivity contribution in [2.45, 2.75) is 64.9 Å². The number of hydrogen-bond acceptors (Lipinski definition) is 4. The van der Waals surface area contributed by atoms with Crippen molar-refractivity contribution in [3.8, 4) is 5.75 Å². The van der Waals surface area contributed by atoms with E-state index in [0.717, 1.165) is 18.1 Å². The summed E-state index contributed by atoms with van der Waals surface area (Å²) in [5, 5.41) is 12.1. The molecule has 0 radical (unpaired) electrons. The smallest absolute Gasteiger partial charge is 0.333 e. The van der Waals surface area contributed by atoms with Crippen LogP contribution in [0.15, 0.2) is 48.5 Å². The highest BCUT2D eigenvalue weighted by Crippen LogP contribution is 2.20. The zero-order chi connectivity index (χ0) is 27.3. The lowest BCUT2D eigenvalue weighted by Crippen LogP contribution is -2.38. The van der Waals surface area contributed by atoms with Gasteiger partial charge in [0.05, 0.1) is 6.54 Å². The molecule has 2 aromatic carbocycles. The molecule has 0 spiro atoms. The van der Waals surface area contributed by atoms with Gasteiger partial charge in [0.15, 0.2) is 6.10 Å². The minimum absolute atomic E-state index is 0.167. The van der Waals surface area contributed by atoms with Gasteiger partial charge in [-0.2, -0.15) is 0 Å². The molecule has 204 valence electrons. The summed E-state index contributed by atoms with van der Waals surface area (Å²) in [5.41, 5.74) is 2.57. The molecule has 1 atom stereocenters. The normalized spacial score (nSPS) is 12.1. The van der Waals surface area contributed by atoms with Gasteiger partial charge in [-0.15, -0.1) is 0 Å². The molecule has 0 aromatic heterocycles. The number of hydrogen-bond donors (Lipinski definition) is 2. The van der Waals surface area contributed by atoms with Gasteiger partial charge < -0.3 is 24.8 Å². The van der Waals surface area contributed by atoms with Crippen molar-refractivity contribution >= 4 is 17.7 Å². The number of urea groups is 1. The number of rotatable bonds is 16. The van der Waals surface area contributed by atoms with Crippen LogP contribution in [0.1, 0.15) is 50.7 Å². The molecule has 0 saturated heterocycles. The number of unbranched alkanes of at least 4 members (excludes halogenated alkanes) is 2. The molecule has 0 heterocycles. The van der Waals surface area contributed by atoms with Crippen LogP contribution >= 0.6 is 0 Å². The van der Waals surface area contributed by atoms with Crippen molar-refractivity contribution < 1.29 is 33.0 Å². The van der Waals surface area contributed by atoms with E-state index in [-0.39, 0.29) is 25.5 Å². The second-order valence-corrected chi connectivity index (χ2v) is 9.14. The first-order valence-corrected chi connectivity index (χ1v) is 12.6. The highest BCUT2D eigenvalue weighted by Gasteiger charge is 2.20. The van der Waals surface area contributed by atoms with Crippen LogP contribution in [0.4, 0.5) is 19.3 Å². The van der Waals surface area contributed by atoms with E-state index in [1.807, 2.05) is 31.2 Å². The summed E-state index contributed by atoms with van der Waals surface area (Å²) >= 11 is 0. The molecule has 37 heavy (non-hydrogen) atoms. The number of carboxylic acid groups (broad SMARTS) is 1. The molecule has 2 N–H and O–H groups in total. The van der Waals surface area contributed by atoms with Gasteiger partial charge >= 0.3 is 12.0 Å². The van der Waals surface area contributed by atoms with Crippen LogP contribution in [-0.2, 0) is 16.0 Å². The fraction of sp³-hybridized carbons (Fsp3) is 0.500. The van der Waals surface area contributed by atoms with E-state index < -0.39 is 18.0 Å². The summed E-state index contributed by atoms with van der Waals surface area (Å²) in [5.74, 6) is -3.09. The highest BCUT2D eigenvalue weighted by molar-refractivity contribution is 5.89. The molecule has 0 aliphatic heterocycles. The number of aryl methyl sites for hydroxylation is 1. The Labute approximate surface area is 217 Å². The summed E-state index contributed by atoms with van der Waals surface area (Å²) in [7, 11) is 0. The van der Waals surface area contributed by atoms with Gasteiger partial charge in [-0.3, -0.25) is 0 Å². The molecule has 2 rings (SSSR count). The zero-order valence-corrected chi connectivity index (χ0v) is 21.8. The zero-order valence-electron chi connectivity index (χ0n) is 21.8. The topological polar surface area (TPSA) is 88.1 Å². The van der Waals surface area contributed by atoms with E-state index in [4.69, 9.17) is 9.47 Å². The minimum Gasteiger partial charge on any atom is -0.492 e. The van der Waals surface area contributed by atoms with Gasteiger partial charge in [0.1, 0.15) is 12.4 Å². The predicted molar refractivity (Wildman–Crippen MR) is 140 cm³/mol. The van der Waals surface area contributed by atoms with Gasteiger partial charge in [0.2, 0.25) is 5.92 Å². The third kappa shape index (κ3) is 12.1. The first-order chi connectivity index (χ1) is 17.6. The standard InChI is InChI=1S/C28H38F2N2O5/c1-4-36-25(26(33)34)20-22-10-14-24(15-11-22)37-19-18-32(17-7-5-6-16-28(3,29)30)27(35)31-23-12-8-21(2)9-13-23/h8-15,25H,4-7,16-20H2,1-3H3,(H,31,35)(H,33,34). The lowest BCUT2D eigenvalue weighted by molar-refractivity contribution is -0.149. The lowest BCUT2D eigenvalue weighted by atomic mass is 10.1. The fourth-order valence-electron chi connectivity index (χ4n) is 3.70. The summed E-state index contributed by atoms with van der Waals surface area (Å²) in [6.45, 7) is 5.92. The monoisotopic (exact) mass is 520 g/mol. The van der Waals surface area contributed by atoms with E-state index in [1.165, 1.54) is 0 Å². The van der Waals surface area contributed by atoms with E-state index in [0.29, 0.717) is 50.4 Å². The van der Waals surface area contributed by atoms with Crippen molar-refractivity contribution in [2.75, 3.05) is 31.6 Å². The second-order valence-electron chi connectivity index (χ2n) is 9.14. The molecule has 1 unspecified atom stereocenters. The number of nitrogens with one attached hydrogen (secondary N) is 1. The second kappa shape index (κ2) is 15.1. The van der Waals surface area contributed by atoms with Crippen molar-refractivity contribution in [1.82, 2.24) is 4.90 Å². The van der Waals surface area contributed by atoms with E-state index in [1.54, 1.807) is 36.1 Å². The fourth-order valence-corrected chi connectivity index (χ4v) is 3.70. The number of nitrogens with zero attached hydrogens (tertiary/aromatic N) is 1. The summed E-state index contributed by atoms with van der Waals surface area (Å²) in [6, 6.07) is 14.3. The number of amides is 2. The molecule has 9 heteroatoms. The molecule has 0 bridgehead atoms. The Hall–Kier alpha value is -3.20. The number of carboxylic acids is 1. The SMILES string of the molecule is CCOC(Cc1ccc(OCCN(CCCCCC(C)(F)F)C(=O)Nc2ccc(C)cc2)cc1)C(=O)O. The van der Waals surface area contributed by atoms with Crippen LogP contribution in [0.25, 0.3) is 0 Å². The van der Waals surface area contributed by atoms with E-state index in [9.17, 15) is 23.5 Å². The molecule has 0 saturated carbocycles. The van der Waals surface area contributed by atoms with E-state index in [2.05, 4.69) is 5.32 Å². The van der Waals surface area contributed by atoms with Crippen LogP contribution in [0, 0.1) is 6.92 Å². The summed E-state index contributed by atoms with van der Waals surface area (Å²) < 4.78 is 37.2. The number of carbonyl (C=O) groups is 2. The van der Waals surface area contributed by atoms with Crippen molar-refractivity contribution in [1.29, 1.82) is 0 Å². The molecule has 0 aliphatic rings. The van der Waals surface area contributed by atoms with Gasteiger partial charge in [-0.05, 0) is 63.4 Å². The Kier molecular flexibility index (Phi) is 12.3. The molecular formula is C28H38F2N2O5. The number of anilines is 1. The Morgan fingerprint density at radius 2 is 1.70 bits per heavy atom. The number of halogens is 2. The van der Waals surface area contributed by atoms with Crippen molar-refractivity contribution in [2.24, 2.45) is 0 Å². The number of alkyl halides is 2. The number of benzene rings is 2. The molecule has 0 aliphatic carbocycles. The molecule has 2 amide bonds. The Morgan fingerprint density at radius 3 is 2.30 bits per heavy atom. The largest absolute Gasteiger partial charge is 0.492 e. The molecule has 0 fully saturated rings. The Balaban J connectivity index is 1.90. The van der Waals surface area contributed by atoms with E-state index >= 15 is 0 Å². The maximum absolute atomic E-state index is 13.1. The van der Waals surface area contributed by atoms with Gasteiger partial charge in [0.25, 0.3) is 0 Å². The first kappa shape index (κ1) is 30.0. The molecular weight excluding hydrogens is 482 g/mol. The van der Waals surface area contributed by atoms with Crippen molar-refractivity contribution in [3.05, 3.63) is 59.7 Å². The lowest BCUT2D eigenvalue weighted by Gasteiger charge is -2.23. The summed E-state index contributed by atoms with van der Waals surface area (Å²) in [6.07, 6.45) is 0.780. The van der Waals surface area contributed by atoms with Crippen LogP contribution < -0.4 is 10.1 Å². The molecule has 2 aromatic rings. The highest BCUT2D eigenvalue weighted by atomic mass is 19.3. The number of aliphatic carboxylic acids is 1. The van der Waals surface area contributed by atoms with Gasteiger partial charge in [-0.1, -0.05) is 36.2 Å². The average molecular weight is 521 g/mol. The van der Waals surface area contributed by atoms with Gasteiger partial charge in [0, 0.05) is 31.7 Å². The van der Waals surface area contributed by atoms with Gasteiger partial charge in [-0.25, -0.2) is 18.4 Å². The third-order valence-corrected chi connectivity index (χ3v) is 5.75. The predicted octanol–water partition coefficient (Wildman–Crippen LogP) is 6.16. The number of ether oxygens (including phenoxy) is 2. The number of carbonyl (C=O) groups excluding carboxylic acids is 1. The molecule has 7 nitrogen and oxygen atoms in total. The third-order valence-electron chi connectivity index (χ3n) is 5.75. The quantitative estimate of drug-likeness (QED) is 0.259.